The van der Waals surface area contributed by atoms with Crippen LogP contribution in [0.3, 0.4) is 0 Å². The zero-order chi connectivity index (χ0) is 21.1. The summed E-state index contributed by atoms with van der Waals surface area (Å²) >= 11 is 0. The molecular formula is C20H33N3O4S. The molecule has 0 aliphatic carbocycles. The lowest BCUT2D eigenvalue weighted by atomic mass is 9.97. The van der Waals surface area contributed by atoms with Crippen LogP contribution in [0.1, 0.15) is 44.7 Å². The van der Waals surface area contributed by atoms with Crippen LogP contribution < -0.4 is 14.8 Å². The highest BCUT2D eigenvalue weighted by Gasteiger charge is 2.27. The van der Waals surface area contributed by atoms with Crippen LogP contribution in [0.5, 0.6) is 5.75 Å². The second-order valence-electron chi connectivity index (χ2n) is 8.55. The van der Waals surface area contributed by atoms with Crippen LogP contribution in [0.4, 0.5) is 4.79 Å². The van der Waals surface area contributed by atoms with Gasteiger partial charge in [-0.3, -0.25) is 0 Å². The third kappa shape index (κ3) is 5.85. The van der Waals surface area contributed by atoms with Crippen molar-refractivity contribution >= 4 is 16.1 Å². The average Bonchev–Trinajstić information content (AvgIpc) is 2.61. The lowest BCUT2D eigenvalue weighted by Crippen LogP contribution is -2.51. The molecule has 0 bridgehead atoms. The van der Waals surface area contributed by atoms with E-state index in [2.05, 4.69) is 10.0 Å². The Balaban J connectivity index is 1.95. The molecule has 8 heteroatoms. The summed E-state index contributed by atoms with van der Waals surface area (Å²) in [6.45, 7) is 11.3. The van der Waals surface area contributed by atoms with Crippen LogP contribution in [0.2, 0.25) is 0 Å². The second kappa shape index (κ2) is 8.69. The number of sulfonamides is 1. The Hall–Kier alpha value is -1.80. The second-order valence-corrected chi connectivity index (χ2v) is 10.3. The van der Waals surface area contributed by atoms with Gasteiger partial charge in [0, 0.05) is 25.2 Å². The van der Waals surface area contributed by atoms with E-state index in [1.165, 1.54) is 7.11 Å². The van der Waals surface area contributed by atoms with Crippen LogP contribution in [0.25, 0.3) is 0 Å². The first-order valence-corrected chi connectivity index (χ1v) is 11.1. The van der Waals surface area contributed by atoms with Crippen molar-refractivity contribution in [3.05, 3.63) is 23.3 Å². The Bertz CT molecular complexity index is 807. The summed E-state index contributed by atoms with van der Waals surface area (Å²) in [6.07, 6.45) is 1.54. The normalized spacial score (nSPS) is 16.1. The Morgan fingerprint density at radius 1 is 1.18 bits per heavy atom. The maximum absolute atomic E-state index is 12.8. The van der Waals surface area contributed by atoms with Crippen molar-refractivity contribution < 1.29 is 17.9 Å². The fourth-order valence-corrected chi connectivity index (χ4v) is 4.53. The van der Waals surface area contributed by atoms with Crippen LogP contribution in [-0.2, 0) is 10.0 Å². The number of nitrogens with one attached hydrogen (secondary N) is 2. The summed E-state index contributed by atoms with van der Waals surface area (Å²) < 4.78 is 33.6. The molecule has 1 aliphatic heterocycles. The number of likely N-dealkylation sites (tertiary alicyclic amines) is 1. The Morgan fingerprint density at radius 2 is 1.75 bits per heavy atom. The maximum Gasteiger partial charge on any atom is 0.317 e. The number of piperidine rings is 1. The number of nitrogens with zero attached hydrogens (tertiary/aromatic N) is 1. The van der Waals surface area contributed by atoms with Crippen LogP contribution in [-0.4, -0.2) is 51.6 Å². The Kier molecular flexibility index (Phi) is 6.98. The van der Waals surface area contributed by atoms with Crippen molar-refractivity contribution in [1.29, 1.82) is 0 Å². The molecule has 1 aromatic carbocycles. The average molecular weight is 412 g/mol. The van der Waals surface area contributed by atoms with E-state index in [0.29, 0.717) is 25.4 Å². The third-order valence-corrected chi connectivity index (χ3v) is 6.46. The summed E-state index contributed by atoms with van der Waals surface area (Å²) in [6, 6.07) is 3.33. The number of ether oxygens (including phenoxy) is 1. The molecule has 1 aliphatic rings. The van der Waals surface area contributed by atoms with E-state index in [-0.39, 0.29) is 22.4 Å². The van der Waals surface area contributed by atoms with Crippen molar-refractivity contribution in [2.45, 2.75) is 57.9 Å². The summed E-state index contributed by atoms with van der Waals surface area (Å²) in [5.74, 6) is 0.551. The fraction of sp³-hybridized carbons (Fsp3) is 0.650. The zero-order valence-corrected chi connectivity index (χ0v) is 18.6. The highest BCUT2D eigenvalue weighted by Crippen LogP contribution is 2.27. The molecule has 0 atom stereocenters. The number of amides is 2. The SMILES string of the molecule is COc1cc(C)c(C)cc1S(=O)(=O)NCC1CCN(C(=O)NC(C)(C)C)CC1. The number of rotatable bonds is 5. The number of benzene rings is 1. The van der Waals surface area contributed by atoms with Crippen molar-refractivity contribution in [3.63, 3.8) is 0 Å². The van der Waals surface area contributed by atoms with Crippen molar-refractivity contribution in [2.75, 3.05) is 26.7 Å². The van der Waals surface area contributed by atoms with E-state index in [9.17, 15) is 13.2 Å². The molecule has 0 radical (unpaired) electrons. The number of urea groups is 1. The van der Waals surface area contributed by atoms with Gasteiger partial charge in [0.1, 0.15) is 10.6 Å². The topological polar surface area (TPSA) is 87.7 Å². The third-order valence-electron chi connectivity index (χ3n) is 5.02. The quantitative estimate of drug-likeness (QED) is 0.780. The van der Waals surface area contributed by atoms with Gasteiger partial charge in [0.15, 0.2) is 0 Å². The van der Waals surface area contributed by atoms with Gasteiger partial charge in [-0.25, -0.2) is 17.9 Å². The summed E-state index contributed by atoms with van der Waals surface area (Å²) in [5.41, 5.74) is 1.62. The highest BCUT2D eigenvalue weighted by molar-refractivity contribution is 7.89. The van der Waals surface area contributed by atoms with Crippen molar-refractivity contribution in [1.82, 2.24) is 14.9 Å². The predicted molar refractivity (Wildman–Crippen MR) is 110 cm³/mol. The van der Waals surface area contributed by atoms with Crippen LogP contribution in [0, 0.1) is 19.8 Å². The highest BCUT2D eigenvalue weighted by atomic mass is 32.2. The molecule has 1 fully saturated rings. The molecule has 1 heterocycles. The van der Waals surface area contributed by atoms with Crippen molar-refractivity contribution in [2.24, 2.45) is 5.92 Å². The maximum atomic E-state index is 12.8. The van der Waals surface area contributed by atoms with Gasteiger partial charge in [0.05, 0.1) is 7.11 Å². The minimum absolute atomic E-state index is 0.0635. The largest absolute Gasteiger partial charge is 0.495 e. The molecule has 1 saturated heterocycles. The molecule has 0 saturated carbocycles. The molecule has 1 aromatic rings. The van der Waals surface area contributed by atoms with E-state index >= 15 is 0 Å². The Morgan fingerprint density at radius 3 is 2.29 bits per heavy atom. The lowest BCUT2D eigenvalue weighted by molar-refractivity contribution is 0.163. The Labute approximate surface area is 168 Å². The molecule has 2 amide bonds. The predicted octanol–water partition coefficient (Wildman–Crippen LogP) is 2.81. The molecule has 0 aromatic heterocycles. The molecule has 2 N–H and O–H groups in total. The van der Waals surface area contributed by atoms with Crippen LogP contribution >= 0.6 is 0 Å². The summed E-state index contributed by atoms with van der Waals surface area (Å²) in [7, 11) is -2.19. The first kappa shape index (κ1) is 22.5. The number of carbonyl (C=O) groups is 1. The number of methoxy groups -OCH3 is 1. The van der Waals surface area contributed by atoms with Gasteiger partial charge in [-0.2, -0.15) is 0 Å². The van der Waals surface area contributed by atoms with Gasteiger partial charge in [0.25, 0.3) is 0 Å². The number of hydrogen-bond acceptors (Lipinski definition) is 4. The molecule has 0 spiro atoms. The van der Waals surface area contributed by atoms with E-state index in [0.717, 1.165) is 24.0 Å². The standard InChI is InChI=1S/C20H33N3O4S/c1-14-11-17(27-6)18(12-15(14)2)28(25,26)21-13-16-7-9-23(10-8-16)19(24)22-20(3,4)5/h11-12,16,21H,7-10,13H2,1-6H3,(H,22,24). The van der Waals surface area contributed by atoms with Crippen molar-refractivity contribution in [3.8, 4) is 5.75 Å². The molecule has 2 rings (SSSR count). The number of aryl methyl sites for hydroxylation is 2. The molecular weight excluding hydrogens is 378 g/mol. The zero-order valence-electron chi connectivity index (χ0n) is 17.8. The molecule has 28 heavy (non-hydrogen) atoms. The molecule has 7 nitrogen and oxygen atoms in total. The molecule has 158 valence electrons. The van der Waals surface area contributed by atoms with Gasteiger partial charge in [0.2, 0.25) is 10.0 Å². The number of carbonyl (C=O) groups excluding carboxylic acids is 1. The first-order valence-electron chi connectivity index (χ1n) is 9.65. The van der Waals surface area contributed by atoms with Gasteiger partial charge >= 0.3 is 6.03 Å². The minimum atomic E-state index is -3.66. The lowest BCUT2D eigenvalue weighted by Gasteiger charge is -2.34. The minimum Gasteiger partial charge on any atom is -0.495 e. The van der Waals surface area contributed by atoms with Crippen LogP contribution in [0.15, 0.2) is 17.0 Å². The van der Waals surface area contributed by atoms with E-state index in [1.54, 1.807) is 17.0 Å². The van der Waals surface area contributed by atoms with Gasteiger partial charge < -0.3 is 15.0 Å². The van der Waals surface area contributed by atoms with Gasteiger partial charge in [-0.15, -0.1) is 0 Å². The fourth-order valence-electron chi connectivity index (χ4n) is 3.18. The van der Waals surface area contributed by atoms with E-state index in [1.807, 2.05) is 34.6 Å². The summed E-state index contributed by atoms with van der Waals surface area (Å²) in [5, 5.41) is 2.97. The van der Waals surface area contributed by atoms with E-state index in [4.69, 9.17) is 4.74 Å². The van der Waals surface area contributed by atoms with E-state index < -0.39 is 10.0 Å². The summed E-state index contributed by atoms with van der Waals surface area (Å²) in [4.78, 5) is 14.2. The monoisotopic (exact) mass is 411 g/mol. The first-order chi connectivity index (χ1) is 12.9. The number of hydrogen-bond donors (Lipinski definition) is 2. The van der Waals surface area contributed by atoms with Gasteiger partial charge in [-0.1, -0.05) is 0 Å². The van der Waals surface area contributed by atoms with Gasteiger partial charge in [-0.05, 0) is 76.6 Å². The molecule has 0 unspecified atom stereocenters. The smallest absolute Gasteiger partial charge is 0.317 e.